The van der Waals surface area contributed by atoms with Crippen LogP contribution in [0.15, 0.2) is 24.8 Å². The van der Waals surface area contributed by atoms with Gasteiger partial charge in [0.15, 0.2) is 0 Å². The van der Waals surface area contributed by atoms with Crippen LogP contribution in [0.1, 0.15) is 93.4 Å². The van der Waals surface area contributed by atoms with Crippen LogP contribution in [0, 0.1) is 16.7 Å². The molecule has 4 amide bonds. The molecule has 0 spiro atoms. The SMILES string of the molecule is C=CCCNC(=O)C(=O)CNC(=O)[C@@H]1CCCN1C(=O)[C@@H](NCOCN[C@H](CN1CCC=CC1=O)C(C)(C)C)C(C)(C)C.CC1CCC1. The average Bonchev–Trinajstić information content (AvgIpc) is 3.50. The number of nitrogens with one attached hydrogen (secondary N) is 4. The van der Waals surface area contributed by atoms with E-state index in [4.69, 9.17) is 4.74 Å². The molecule has 3 rings (SSSR count). The highest BCUT2D eigenvalue weighted by molar-refractivity contribution is 6.37. The lowest BCUT2D eigenvalue weighted by molar-refractivity contribution is -0.143. The fourth-order valence-electron chi connectivity index (χ4n) is 5.63. The average molecular weight is 675 g/mol. The lowest BCUT2D eigenvalue weighted by Gasteiger charge is -2.37. The molecule has 12 heteroatoms. The van der Waals surface area contributed by atoms with Gasteiger partial charge in [-0.05, 0) is 48.5 Å². The maximum atomic E-state index is 13.7. The van der Waals surface area contributed by atoms with Gasteiger partial charge >= 0.3 is 0 Å². The summed E-state index contributed by atoms with van der Waals surface area (Å²) in [5, 5.41) is 11.6. The van der Waals surface area contributed by atoms with Crippen molar-refractivity contribution in [3.8, 4) is 0 Å². The zero-order chi connectivity index (χ0) is 35.9. The molecule has 2 heterocycles. The Morgan fingerprint density at radius 2 is 1.65 bits per heavy atom. The van der Waals surface area contributed by atoms with Crippen LogP contribution in [0.2, 0.25) is 0 Å². The lowest BCUT2D eigenvalue weighted by Crippen LogP contribution is -2.57. The van der Waals surface area contributed by atoms with Gasteiger partial charge in [0.25, 0.3) is 5.91 Å². The maximum absolute atomic E-state index is 13.7. The molecule has 0 aromatic heterocycles. The van der Waals surface area contributed by atoms with Crippen molar-refractivity contribution in [3.63, 3.8) is 0 Å². The van der Waals surface area contributed by atoms with Gasteiger partial charge in [0.05, 0.1) is 26.0 Å². The van der Waals surface area contributed by atoms with Gasteiger partial charge in [0.1, 0.15) is 6.04 Å². The van der Waals surface area contributed by atoms with Crippen LogP contribution in [-0.4, -0.2) is 104 Å². The van der Waals surface area contributed by atoms with Gasteiger partial charge in [-0.2, -0.15) is 0 Å². The van der Waals surface area contributed by atoms with Crippen LogP contribution >= 0.6 is 0 Å². The van der Waals surface area contributed by atoms with Gasteiger partial charge in [-0.15, -0.1) is 6.58 Å². The molecule has 1 saturated carbocycles. The van der Waals surface area contributed by atoms with Crippen molar-refractivity contribution in [2.24, 2.45) is 16.7 Å². The number of likely N-dealkylation sites (tertiary alicyclic amines) is 1. The second kappa shape index (κ2) is 19.8. The second-order valence-corrected chi connectivity index (χ2v) is 15.3. The number of ether oxygens (including phenoxy) is 1. The molecular weight excluding hydrogens is 612 g/mol. The Morgan fingerprint density at radius 3 is 2.21 bits per heavy atom. The van der Waals surface area contributed by atoms with E-state index in [1.807, 2.05) is 31.7 Å². The van der Waals surface area contributed by atoms with Crippen molar-refractivity contribution in [3.05, 3.63) is 24.8 Å². The highest BCUT2D eigenvalue weighted by atomic mass is 16.5. The predicted molar refractivity (Wildman–Crippen MR) is 188 cm³/mol. The highest BCUT2D eigenvalue weighted by Crippen LogP contribution is 2.26. The predicted octanol–water partition coefficient (Wildman–Crippen LogP) is 2.89. The van der Waals surface area contributed by atoms with Crippen LogP contribution in [0.3, 0.4) is 0 Å². The topological polar surface area (TPSA) is 149 Å². The summed E-state index contributed by atoms with van der Waals surface area (Å²) in [6.07, 6.45) is 12.1. The van der Waals surface area contributed by atoms with E-state index < -0.39 is 41.6 Å². The number of rotatable bonds is 16. The fourth-order valence-corrected chi connectivity index (χ4v) is 5.63. The van der Waals surface area contributed by atoms with Crippen LogP contribution in [0.25, 0.3) is 0 Å². The minimum atomic E-state index is -0.765. The van der Waals surface area contributed by atoms with E-state index in [0.29, 0.717) is 45.4 Å². The van der Waals surface area contributed by atoms with Crippen molar-refractivity contribution in [2.75, 3.05) is 46.2 Å². The molecular formula is C36H62N6O6. The summed E-state index contributed by atoms with van der Waals surface area (Å²) in [6, 6.07) is -1.36. The molecule has 4 N–H and O–H groups in total. The first-order valence-electron chi connectivity index (χ1n) is 17.6. The molecule has 2 fully saturated rings. The Labute approximate surface area is 288 Å². The van der Waals surface area contributed by atoms with E-state index in [0.717, 1.165) is 12.3 Å². The molecule has 1 aliphatic carbocycles. The first kappa shape index (κ1) is 41.1. The summed E-state index contributed by atoms with van der Waals surface area (Å²) in [5.41, 5.74) is -0.597. The van der Waals surface area contributed by atoms with Crippen molar-refractivity contribution in [1.29, 1.82) is 0 Å². The first-order chi connectivity index (χ1) is 22.6. The zero-order valence-electron chi connectivity index (χ0n) is 30.5. The Kier molecular flexibility index (Phi) is 16.9. The summed E-state index contributed by atoms with van der Waals surface area (Å²) >= 11 is 0. The lowest BCUT2D eigenvalue weighted by atomic mass is 9.85. The minimum Gasteiger partial charge on any atom is -0.351 e. The van der Waals surface area contributed by atoms with Crippen LogP contribution in [-0.2, 0) is 28.7 Å². The van der Waals surface area contributed by atoms with E-state index in [1.54, 1.807) is 17.1 Å². The quantitative estimate of drug-likeness (QED) is 0.0846. The van der Waals surface area contributed by atoms with Crippen molar-refractivity contribution >= 4 is 29.4 Å². The van der Waals surface area contributed by atoms with E-state index in [1.165, 1.54) is 19.3 Å². The molecule has 2 aliphatic heterocycles. The molecule has 48 heavy (non-hydrogen) atoms. The van der Waals surface area contributed by atoms with Gasteiger partial charge in [-0.3, -0.25) is 34.6 Å². The zero-order valence-corrected chi connectivity index (χ0v) is 30.5. The Morgan fingerprint density at radius 1 is 0.979 bits per heavy atom. The number of carbonyl (C=O) groups is 5. The summed E-state index contributed by atoms with van der Waals surface area (Å²) in [6.45, 7) is 19.9. The molecule has 0 aromatic rings. The maximum Gasteiger partial charge on any atom is 0.289 e. The van der Waals surface area contributed by atoms with Gasteiger partial charge in [0, 0.05) is 32.2 Å². The van der Waals surface area contributed by atoms with Gasteiger partial charge in [0.2, 0.25) is 23.5 Å². The molecule has 0 bridgehead atoms. The monoisotopic (exact) mass is 674 g/mol. The molecule has 272 valence electrons. The van der Waals surface area contributed by atoms with Crippen LogP contribution in [0.4, 0.5) is 0 Å². The third-order valence-corrected chi connectivity index (χ3v) is 9.06. The Hall–Kier alpha value is -3.09. The van der Waals surface area contributed by atoms with Crippen molar-refractivity contribution in [1.82, 2.24) is 31.1 Å². The molecule has 0 aromatic carbocycles. The summed E-state index contributed by atoms with van der Waals surface area (Å²) in [7, 11) is 0. The second-order valence-electron chi connectivity index (χ2n) is 15.3. The number of carbonyl (C=O) groups excluding carboxylic acids is 5. The van der Waals surface area contributed by atoms with Gasteiger partial charge < -0.3 is 25.2 Å². The Bertz CT molecular complexity index is 1120. The molecule has 12 nitrogen and oxygen atoms in total. The molecule has 3 aliphatic rings. The van der Waals surface area contributed by atoms with E-state index in [2.05, 4.69) is 55.5 Å². The number of nitrogens with zero attached hydrogens (tertiary/aromatic N) is 2. The van der Waals surface area contributed by atoms with Crippen LogP contribution in [0.5, 0.6) is 0 Å². The fraction of sp³-hybridized carbons (Fsp3) is 0.750. The highest BCUT2D eigenvalue weighted by Gasteiger charge is 2.41. The third-order valence-electron chi connectivity index (χ3n) is 9.06. The molecule has 1 saturated heterocycles. The molecule has 0 radical (unpaired) electrons. The van der Waals surface area contributed by atoms with E-state index in [9.17, 15) is 24.0 Å². The standard InChI is InChI=1S/C31H52N6O6.C5H10/c1-8-9-15-32-28(41)23(38)18-33-27(40)22-13-12-17-37(22)29(42)26(31(5,6)7)35-21-43-20-34-24(30(2,3)4)19-36-16-11-10-14-25(36)39;1-5-3-2-4-5/h8,10,14,22,24,26,34-35H,1,9,11-13,15-21H2,2-7H3,(H,32,41)(H,33,40);5H,2-4H2,1H3/t22-,24+,26+;/m0./s1. The van der Waals surface area contributed by atoms with Gasteiger partial charge in [-0.1, -0.05) is 79.9 Å². The normalized spacial score (nSPS) is 19.5. The smallest absolute Gasteiger partial charge is 0.289 e. The third kappa shape index (κ3) is 13.8. The Balaban J connectivity index is 0.00000146. The number of Topliss-reactive ketones (excluding diaryl/α,β-unsaturated/α-hetero) is 1. The number of ketones is 1. The first-order valence-corrected chi connectivity index (χ1v) is 17.6. The number of amides is 4. The molecule has 3 atom stereocenters. The summed E-state index contributed by atoms with van der Waals surface area (Å²) in [5.74, 6) is -1.11. The van der Waals surface area contributed by atoms with E-state index >= 15 is 0 Å². The van der Waals surface area contributed by atoms with Crippen LogP contribution < -0.4 is 21.3 Å². The largest absolute Gasteiger partial charge is 0.351 e. The summed E-state index contributed by atoms with van der Waals surface area (Å²) < 4.78 is 5.84. The minimum absolute atomic E-state index is 0.00281. The van der Waals surface area contributed by atoms with E-state index in [-0.39, 0.29) is 36.7 Å². The molecule has 0 unspecified atom stereocenters. The number of hydrogen-bond donors (Lipinski definition) is 4. The van der Waals surface area contributed by atoms with Gasteiger partial charge in [-0.25, -0.2) is 0 Å². The number of hydrogen-bond acceptors (Lipinski definition) is 8. The van der Waals surface area contributed by atoms with Crippen molar-refractivity contribution in [2.45, 2.75) is 112 Å². The summed E-state index contributed by atoms with van der Waals surface area (Å²) in [4.78, 5) is 66.3. The van der Waals surface area contributed by atoms with Crippen molar-refractivity contribution < 1.29 is 28.7 Å².